The van der Waals surface area contributed by atoms with Crippen LogP contribution in [0.15, 0.2) is 29.3 Å². The van der Waals surface area contributed by atoms with Gasteiger partial charge in [0.25, 0.3) is 0 Å². The summed E-state index contributed by atoms with van der Waals surface area (Å²) < 4.78 is 0. The predicted octanol–water partition coefficient (Wildman–Crippen LogP) is 2.53. The number of anilines is 1. The first-order valence-electron chi connectivity index (χ1n) is 7.86. The molecule has 2 atom stereocenters. The molecule has 1 aliphatic carbocycles. The number of benzene rings is 1. The summed E-state index contributed by atoms with van der Waals surface area (Å²) in [5, 5.41) is 6.10. The van der Waals surface area contributed by atoms with Gasteiger partial charge >= 0.3 is 0 Å². The van der Waals surface area contributed by atoms with Crippen molar-refractivity contribution in [2.45, 2.75) is 51.1 Å². The molecule has 0 bridgehead atoms. The molecule has 5 heteroatoms. The SMILES string of the molecule is CC(=O)Nc1cccc(C(=O)CC2=N[C@@H]3CCCC[C@H]3N2)c1. The molecule has 0 spiro atoms. The van der Waals surface area contributed by atoms with Crippen LogP contribution in [0.3, 0.4) is 0 Å². The molecule has 1 saturated carbocycles. The lowest BCUT2D eigenvalue weighted by Gasteiger charge is -2.23. The van der Waals surface area contributed by atoms with E-state index in [2.05, 4.69) is 15.6 Å². The number of nitrogens with zero attached hydrogens (tertiary/aromatic N) is 1. The fourth-order valence-electron chi connectivity index (χ4n) is 3.21. The quantitative estimate of drug-likeness (QED) is 0.839. The standard InChI is InChI=1S/C17H21N3O2/c1-11(21)18-13-6-4-5-12(9-13)16(22)10-17-19-14-7-2-3-8-15(14)20-17/h4-6,9,14-15H,2-3,7-8,10H2,1H3,(H,18,21)(H,19,20)/t14-,15-/m1/s1. The van der Waals surface area contributed by atoms with Crippen molar-refractivity contribution in [2.75, 3.05) is 5.32 Å². The molecule has 1 aromatic carbocycles. The molecule has 3 rings (SSSR count). The lowest BCUT2D eigenvalue weighted by Crippen LogP contribution is -2.37. The third-order valence-corrected chi connectivity index (χ3v) is 4.24. The van der Waals surface area contributed by atoms with Crippen molar-refractivity contribution in [3.05, 3.63) is 29.8 Å². The maximum absolute atomic E-state index is 12.4. The lowest BCUT2D eigenvalue weighted by molar-refractivity contribution is -0.114. The molecule has 1 heterocycles. The van der Waals surface area contributed by atoms with E-state index in [-0.39, 0.29) is 11.7 Å². The van der Waals surface area contributed by atoms with Gasteiger partial charge < -0.3 is 10.6 Å². The molecule has 0 unspecified atom stereocenters. The largest absolute Gasteiger partial charge is 0.369 e. The monoisotopic (exact) mass is 299 g/mol. The fourth-order valence-corrected chi connectivity index (χ4v) is 3.21. The molecular weight excluding hydrogens is 278 g/mol. The Morgan fingerprint density at radius 1 is 1.32 bits per heavy atom. The van der Waals surface area contributed by atoms with Crippen molar-refractivity contribution in [3.63, 3.8) is 0 Å². The highest BCUT2D eigenvalue weighted by molar-refractivity contribution is 6.10. The zero-order valence-electron chi connectivity index (χ0n) is 12.8. The van der Waals surface area contributed by atoms with Crippen LogP contribution in [0.25, 0.3) is 0 Å². The van der Waals surface area contributed by atoms with Crippen molar-refractivity contribution in [3.8, 4) is 0 Å². The van der Waals surface area contributed by atoms with Crippen LogP contribution in [0.4, 0.5) is 5.69 Å². The maximum Gasteiger partial charge on any atom is 0.221 e. The minimum Gasteiger partial charge on any atom is -0.369 e. The Morgan fingerprint density at radius 2 is 2.14 bits per heavy atom. The van der Waals surface area contributed by atoms with E-state index < -0.39 is 0 Å². The third-order valence-electron chi connectivity index (χ3n) is 4.24. The first-order chi connectivity index (χ1) is 10.6. The van der Waals surface area contributed by atoms with Crippen LogP contribution in [-0.2, 0) is 4.79 Å². The van der Waals surface area contributed by atoms with Gasteiger partial charge in [0.15, 0.2) is 5.78 Å². The number of fused-ring (bicyclic) bond motifs is 1. The Kier molecular flexibility index (Phi) is 4.22. The normalized spacial score (nSPS) is 23.2. The summed E-state index contributed by atoms with van der Waals surface area (Å²) in [5.41, 5.74) is 1.25. The molecule has 2 aliphatic rings. The van der Waals surface area contributed by atoms with E-state index in [9.17, 15) is 9.59 Å². The van der Waals surface area contributed by atoms with E-state index in [1.54, 1.807) is 24.3 Å². The van der Waals surface area contributed by atoms with Crippen LogP contribution in [0.5, 0.6) is 0 Å². The minimum atomic E-state index is -0.143. The fraction of sp³-hybridized carbons (Fsp3) is 0.471. The molecule has 1 amide bonds. The maximum atomic E-state index is 12.4. The number of carbonyl (C=O) groups is 2. The summed E-state index contributed by atoms with van der Waals surface area (Å²) >= 11 is 0. The number of amides is 1. The van der Waals surface area contributed by atoms with Crippen molar-refractivity contribution in [1.82, 2.24) is 5.32 Å². The van der Waals surface area contributed by atoms with Gasteiger partial charge in [-0.1, -0.05) is 25.0 Å². The molecule has 0 aromatic heterocycles. The van der Waals surface area contributed by atoms with Gasteiger partial charge in [-0.15, -0.1) is 0 Å². The van der Waals surface area contributed by atoms with Crippen LogP contribution in [0.2, 0.25) is 0 Å². The van der Waals surface area contributed by atoms with Gasteiger partial charge in [-0.25, -0.2) is 0 Å². The topological polar surface area (TPSA) is 70.6 Å². The Hall–Kier alpha value is -2.17. The second-order valence-corrected chi connectivity index (χ2v) is 6.04. The van der Waals surface area contributed by atoms with Gasteiger partial charge in [-0.3, -0.25) is 14.6 Å². The third kappa shape index (κ3) is 3.35. The number of rotatable bonds is 4. The van der Waals surface area contributed by atoms with Gasteiger partial charge in [0.1, 0.15) is 5.84 Å². The highest BCUT2D eigenvalue weighted by atomic mass is 16.1. The number of hydrogen-bond acceptors (Lipinski definition) is 4. The number of hydrogen-bond donors (Lipinski definition) is 2. The second kappa shape index (κ2) is 6.30. The van der Waals surface area contributed by atoms with Crippen LogP contribution in [0, 0.1) is 0 Å². The number of carbonyl (C=O) groups excluding carboxylic acids is 2. The van der Waals surface area contributed by atoms with E-state index in [4.69, 9.17) is 0 Å². The van der Waals surface area contributed by atoms with E-state index >= 15 is 0 Å². The summed E-state index contributed by atoms with van der Waals surface area (Å²) in [6, 6.07) is 7.81. The lowest BCUT2D eigenvalue weighted by atomic mass is 9.92. The van der Waals surface area contributed by atoms with Crippen molar-refractivity contribution in [1.29, 1.82) is 0 Å². The van der Waals surface area contributed by atoms with Crippen molar-refractivity contribution >= 4 is 23.2 Å². The molecule has 2 N–H and O–H groups in total. The minimum absolute atomic E-state index is 0.0251. The van der Waals surface area contributed by atoms with Crippen LogP contribution >= 0.6 is 0 Å². The van der Waals surface area contributed by atoms with Crippen LogP contribution in [0.1, 0.15) is 49.4 Å². The number of Topliss-reactive ketones (excluding diaryl/α,β-unsaturated/α-hetero) is 1. The molecule has 0 radical (unpaired) electrons. The number of aliphatic imine (C=N–C) groups is 1. The molecule has 0 saturated heterocycles. The van der Waals surface area contributed by atoms with E-state index in [0.717, 1.165) is 18.7 Å². The summed E-state index contributed by atoms with van der Waals surface area (Å²) in [6.45, 7) is 1.45. The average molecular weight is 299 g/mol. The van der Waals surface area contributed by atoms with E-state index in [1.165, 1.54) is 19.8 Å². The Balaban J connectivity index is 1.66. The molecule has 1 aromatic rings. The molecular formula is C17H21N3O2. The van der Waals surface area contributed by atoms with Gasteiger partial charge in [0, 0.05) is 24.2 Å². The van der Waals surface area contributed by atoms with E-state index in [0.29, 0.717) is 29.8 Å². The smallest absolute Gasteiger partial charge is 0.221 e. The molecule has 1 fully saturated rings. The van der Waals surface area contributed by atoms with Crippen molar-refractivity contribution < 1.29 is 9.59 Å². The highest BCUT2D eigenvalue weighted by Crippen LogP contribution is 2.25. The molecule has 5 nitrogen and oxygen atoms in total. The summed E-state index contributed by atoms with van der Waals surface area (Å²) in [5.74, 6) is 0.694. The van der Waals surface area contributed by atoms with Crippen molar-refractivity contribution in [2.24, 2.45) is 4.99 Å². The Bertz CT molecular complexity index is 624. The average Bonchev–Trinajstić information content (AvgIpc) is 2.89. The molecule has 116 valence electrons. The number of amidine groups is 1. The zero-order chi connectivity index (χ0) is 15.5. The van der Waals surface area contributed by atoms with Gasteiger partial charge in [-0.2, -0.15) is 0 Å². The van der Waals surface area contributed by atoms with E-state index in [1.807, 2.05) is 0 Å². The summed E-state index contributed by atoms with van der Waals surface area (Å²) in [6.07, 6.45) is 5.03. The first-order valence-corrected chi connectivity index (χ1v) is 7.86. The Labute approximate surface area is 130 Å². The van der Waals surface area contributed by atoms with Gasteiger partial charge in [0.2, 0.25) is 5.91 Å². The predicted molar refractivity (Wildman–Crippen MR) is 86.3 cm³/mol. The summed E-state index contributed by atoms with van der Waals surface area (Å²) in [7, 11) is 0. The second-order valence-electron chi connectivity index (χ2n) is 6.04. The number of nitrogens with one attached hydrogen (secondary N) is 2. The summed E-state index contributed by atoms with van der Waals surface area (Å²) in [4.78, 5) is 28.2. The van der Waals surface area contributed by atoms with Gasteiger partial charge in [-0.05, 0) is 25.0 Å². The highest BCUT2D eigenvalue weighted by Gasteiger charge is 2.31. The number of ketones is 1. The van der Waals surface area contributed by atoms with Crippen LogP contribution in [-0.4, -0.2) is 29.6 Å². The molecule has 22 heavy (non-hydrogen) atoms. The zero-order valence-corrected chi connectivity index (χ0v) is 12.8. The Morgan fingerprint density at radius 3 is 2.91 bits per heavy atom. The first kappa shape index (κ1) is 14.8. The van der Waals surface area contributed by atoms with Gasteiger partial charge in [0.05, 0.1) is 12.5 Å². The van der Waals surface area contributed by atoms with Crippen LogP contribution < -0.4 is 10.6 Å². The molecule has 1 aliphatic heterocycles.